The molecule has 0 radical (unpaired) electrons. The van der Waals surface area contributed by atoms with Crippen LogP contribution in [0.25, 0.3) is 0 Å². The van der Waals surface area contributed by atoms with Gasteiger partial charge < -0.3 is 9.64 Å². The van der Waals surface area contributed by atoms with Gasteiger partial charge in [-0.3, -0.25) is 4.79 Å². The quantitative estimate of drug-likeness (QED) is 0.714. The number of hydrogen-bond donors (Lipinski definition) is 0. The Bertz CT molecular complexity index is 541. The lowest BCUT2D eigenvalue weighted by atomic mass is 9.58. The molecule has 100 valence electrons. The van der Waals surface area contributed by atoms with Crippen LogP contribution < -0.4 is 4.74 Å². The monoisotopic (exact) mass is 257 g/mol. The molecule has 1 aliphatic carbocycles. The Morgan fingerprint density at radius 1 is 1.32 bits per heavy atom. The molecule has 1 amide bonds. The fourth-order valence-corrected chi connectivity index (χ4v) is 4.42. The number of hydrogen-bond acceptors (Lipinski definition) is 2. The van der Waals surface area contributed by atoms with Crippen molar-refractivity contribution in [1.29, 1.82) is 0 Å². The van der Waals surface area contributed by atoms with Gasteiger partial charge in [0.25, 0.3) is 0 Å². The molecule has 2 aliphatic heterocycles. The van der Waals surface area contributed by atoms with E-state index in [1.807, 2.05) is 18.0 Å². The molecule has 1 aromatic rings. The molecule has 0 N–H and O–H groups in total. The van der Waals surface area contributed by atoms with Crippen LogP contribution in [0.4, 0.5) is 0 Å². The molecule has 0 aromatic heterocycles. The van der Waals surface area contributed by atoms with Gasteiger partial charge >= 0.3 is 0 Å². The molecule has 3 heteroatoms. The van der Waals surface area contributed by atoms with Crippen LogP contribution >= 0.6 is 0 Å². The average molecular weight is 257 g/mol. The molecule has 0 bridgehead atoms. The van der Waals surface area contributed by atoms with Crippen LogP contribution in [0.5, 0.6) is 5.75 Å². The summed E-state index contributed by atoms with van der Waals surface area (Å²) in [5, 5.41) is 0. The van der Waals surface area contributed by atoms with E-state index in [-0.39, 0.29) is 17.4 Å². The Morgan fingerprint density at radius 3 is 3.05 bits per heavy atom. The normalized spacial score (nSPS) is 36.3. The Balaban J connectivity index is 1.88. The first-order valence-corrected chi connectivity index (χ1v) is 7.24. The SMILES string of the molecule is CN1CCC23c4ccccc4OC2CCCC3C1=O. The predicted molar refractivity (Wildman–Crippen MR) is 72.1 cm³/mol. The molecule has 3 nitrogen and oxygen atoms in total. The summed E-state index contributed by atoms with van der Waals surface area (Å²) in [6.07, 6.45) is 4.45. The van der Waals surface area contributed by atoms with Crippen molar-refractivity contribution >= 4 is 5.91 Å². The fraction of sp³-hybridized carbons (Fsp3) is 0.562. The van der Waals surface area contributed by atoms with Crippen molar-refractivity contribution in [3.8, 4) is 5.75 Å². The lowest BCUT2D eigenvalue weighted by Gasteiger charge is -2.49. The maximum absolute atomic E-state index is 12.6. The number of likely N-dealkylation sites (tertiary alicyclic amines) is 1. The zero-order chi connectivity index (χ0) is 13.0. The van der Waals surface area contributed by atoms with Gasteiger partial charge in [-0.05, 0) is 31.7 Å². The van der Waals surface area contributed by atoms with Crippen molar-refractivity contribution in [2.75, 3.05) is 13.6 Å². The zero-order valence-corrected chi connectivity index (χ0v) is 11.3. The number of carbonyl (C=O) groups excluding carboxylic acids is 1. The molecule has 1 spiro atoms. The van der Waals surface area contributed by atoms with Gasteiger partial charge in [-0.1, -0.05) is 18.2 Å². The zero-order valence-electron chi connectivity index (χ0n) is 11.3. The van der Waals surface area contributed by atoms with Crippen molar-refractivity contribution in [3.05, 3.63) is 29.8 Å². The van der Waals surface area contributed by atoms with Crippen LogP contribution in [0.1, 0.15) is 31.2 Å². The third-order valence-electron chi connectivity index (χ3n) is 5.35. The first-order valence-electron chi connectivity index (χ1n) is 7.24. The Hall–Kier alpha value is -1.51. The highest BCUT2D eigenvalue weighted by Crippen LogP contribution is 2.56. The van der Waals surface area contributed by atoms with E-state index in [9.17, 15) is 4.79 Å². The third-order valence-corrected chi connectivity index (χ3v) is 5.35. The number of piperidine rings is 1. The van der Waals surface area contributed by atoms with E-state index in [2.05, 4.69) is 18.2 Å². The van der Waals surface area contributed by atoms with Crippen molar-refractivity contribution in [1.82, 2.24) is 4.90 Å². The summed E-state index contributed by atoms with van der Waals surface area (Å²) in [6, 6.07) is 8.33. The summed E-state index contributed by atoms with van der Waals surface area (Å²) in [7, 11) is 1.93. The largest absolute Gasteiger partial charge is 0.489 e. The minimum Gasteiger partial charge on any atom is -0.489 e. The topological polar surface area (TPSA) is 29.5 Å². The standard InChI is InChI=1S/C16H19NO2/c1-17-10-9-16-11-5-2-3-7-13(11)19-14(16)8-4-6-12(16)15(17)18/h2-3,5,7,12,14H,4,6,8-10H2,1H3. The smallest absolute Gasteiger partial charge is 0.226 e. The van der Waals surface area contributed by atoms with Gasteiger partial charge in [-0.15, -0.1) is 0 Å². The first kappa shape index (κ1) is 11.3. The molecule has 3 unspecified atom stereocenters. The van der Waals surface area contributed by atoms with E-state index in [0.717, 1.165) is 38.0 Å². The lowest BCUT2D eigenvalue weighted by Crippen LogP contribution is -2.58. The summed E-state index contributed by atoms with van der Waals surface area (Å²) in [5.41, 5.74) is 1.24. The number of carbonyl (C=O) groups is 1. The van der Waals surface area contributed by atoms with Crippen LogP contribution in [0, 0.1) is 5.92 Å². The Kier molecular flexibility index (Phi) is 2.23. The third kappa shape index (κ3) is 1.31. The van der Waals surface area contributed by atoms with Crippen molar-refractivity contribution in [2.45, 2.75) is 37.2 Å². The molecular weight excluding hydrogens is 238 g/mol. The summed E-state index contributed by atoms with van der Waals surface area (Å²) in [5.74, 6) is 1.45. The second-order valence-corrected chi connectivity index (χ2v) is 6.14. The highest BCUT2D eigenvalue weighted by Gasteiger charge is 2.59. The van der Waals surface area contributed by atoms with E-state index in [0.29, 0.717) is 5.91 Å². The number of ether oxygens (including phenoxy) is 1. The summed E-state index contributed by atoms with van der Waals surface area (Å²) in [6.45, 7) is 0.851. The van der Waals surface area contributed by atoms with Gasteiger partial charge in [0.05, 0.1) is 5.92 Å². The fourth-order valence-electron chi connectivity index (χ4n) is 4.42. The summed E-state index contributed by atoms with van der Waals surface area (Å²) < 4.78 is 6.18. The molecule has 1 aromatic carbocycles. The van der Waals surface area contributed by atoms with Gasteiger partial charge in [0, 0.05) is 24.6 Å². The van der Waals surface area contributed by atoms with E-state index >= 15 is 0 Å². The number of nitrogens with zero attached hydrogens (tertiary/aromatic N) is 1. The molecule has 4 rings (SSSR count). The van der Waals surface area contributed by atoms with Crippen molar-refractivity contribution in [2.24, 2.45) is 5.92 Å². The molecule has 1 saturated heterocycles. The van der Waals surface area contributed by atoms with E-state index in [1.165, 1.54) is 5.56 Å². The minimum atomic E-state index is -0.0432. The van der Waals surface area contributed by atoms with Crippen LogP contribution in [0.3, 0.4) is 0 Å². The number of benzene rings is 1. The highest BCUT2D eigenvalue weighted by atomic mass is 16.5. The molecule has 3 aliphatic rings. The van der Waals surface area contributed by atoms with E-state index in [4.69, 9.17) is 4.74 Å². The Morgan fingerprint density at radius 2 is 2.16 bits per heavy atom. The average Bonchev–Trinajstić information content (AvgIpc) is 2.77. The van der Waals surface area contributed by atoms with Crippen LogP contribution in [0.15, 0.2) is 24.3 Å². The lowest BCUT2D eigenvalue weighted by molar-refractivity contribution is -0.145. The number of fused-ring (bicyclic) bond motifs is 1. The number of amides is 1. The van der Waals surface area contributed by atoms with Crippen LogP contribution in [0.2, 0.25) is 0 Å². The first-order chi connectivity index (χ1) is 9.23. The van der Waals surface area contributed by atoms with E-state index < -0.39 is 0 Å². The summed E-state index contributed by atoms with van der Waals surface area (Å²) >= 11 is 0. The van der Waals surface area contributed by atoms with Gasteiger partial charge in [0.15, 0.2) is 0 Å². The maximum atomic E-state index is 12.6. The highest BCUT2D eigenvalue weighted by molar-refractivity contribution is 5.82. The summed E-state index contributed by atoms with van der Waals surface area (Å²) in [4.78, 5) is 14.5. The maximum Gasteiger partial charge on any atom is 0.226 e. The molecule has 2 fully saturated rings. The molecular formula is C16H19NO2. The van der Waals surface area contributed by atoms with Crippen LogP contribution in [-0.2, 0) is 10.2 Å². The molecule has 19 heavy (non-hydrogen) atoms. The van der Waals surface area contributed by atoms with Gasteiger partial charge in [-0.25, -0.2) is 0 Å². The Labute approximate surface area is 113 Å². The van der Waals surface area contributed by atoms with Gasteiger partial charge in [0.1, 0.15) is 11.9 Å². The van der Waals surface area contributed by atoms with Gasteiger partial charge in [-0.2, -0.15) is 0 Å². The minimum absolute atomic E-state index is 0.0432. The van der Waals surface area contributed by atoms with E-state index in [1.54, 1.807) is 0 Å². The predicted octanol–water partition coefficient (Wildman–Crippen LogP) is 2.35. The van der Waals surface area contributed by atoms with Crippen molar-refractivity contribution < 1.29 is 9.53 Å². The number of rotatable bonds is 0. The molecule has 1 saturated carbocycles. The van der Waals surface area contributed by atoms with Gasteiger partial charge in [0.2, 0.25) is 5.91 Å². The molecule has 2 heterocycles. The second kappa shape index (κ2) is 3.75. The van der Waals surface area contributed by atoms with Crippen molar-refractivity contribution in [3.63, 3.8) is 0 Å². The van der Waals surface area contributed by atoms with Crippen LogP contribution in [-0.4, -0.2) is 30.5 Å². The molecule has 3 atom stereocenters. The second-order valence-electron chi connectivity index (χ2n) is 6.14. The number of para-hydroxylation sites is 1.